The van der Waals surface area contributed by atoms with E-state index in [1.54, 1.807) is 13.2 Å². The van der Waals surface area contributed by atoms with E-state index in [-0.39, 0.29) is 5.91 Å². The number of amides is 1. The molecule has 128 valence electrons. The lowest BCUT2D eigenvalue weighted by atomic mass is 10.1. The first-order chi connectivity index (χ1) is 11.7. The number of nitrogens with zero attached hydrogens (tertiary/aromatic N) is 2. The zero-order valence-electron chi connectivity index (χ0n) is 14.0. The van der Waals surface area contributed by atoms with Gasteiger partial charge in [-0.3, -0.25) is 15.0 Å². The van der Waals surface area contributed by atoms with E-state index in [0.717, 1.165) is 30.9 Å². The third kappa shape index (κ3) is 4.63. The first kappa shape index (κ1) is 17.1. The Bertz CT molecular complexity index is 680. The molecule has 1 amide bonds. The Balaban J connectivity index is 1.59. The van der Waals surface area contributed by atoms with Crippen molar-refractivity contribution in [3.05, 3.63) is 46.5 Å². The molecule has 1 fully saturated rings. The van der Waals surface area contributed by atoms with Gasteiger partial charge in [0, 0.05) is 24.6 Å². The summed E-state index contributed by atoms with van der Waals surface area (Å²) in [5.41, 5.74) is 2.64. The van der Waals surface area contributed by atoms with Crippen molar-refractivity contribution in [2.75, 3.05) is 25.5 Å². The number of thiazole rings is 1. The number of carbonyl (C=O) groups excluding carboxylic acids is 1. The van der Waals surface area contributed by atoms with Gasteiger partial charge < -0.3 is 4.74 Å². The predicted octanol–water partition coefficient (Wildman–Crippen LogP) is 3.53. The number of rotatable bonds is 6. The second-order valence-corrected chi connectivity index (χ2v) is 6.93. The maximum Gasteiger partial charge on any atom is 0.257 e. The SMILES string of the molecule is COCc1cccc(C(=O)Nc2nc(CN3CCCCC3)cs2)c1. The number of anilines is 1. The molecule has 0 bridgehead atoms. The fourth-order valence-electron chi connectivity index (χ4n) is 2.92. The van der Waals surface area contributed by atoms with Gasteiger partial charge in [0.15, 0.2) is 5.13 Å². The lowest BCUT2D eigenvalue weighted by Crippen LogP contribution is -2.29. The summed E-state index contributed by atoms with van der Waals surface area (Å²) >= 11 is 1.48. The fraction of sp³-hybridized carbons (Fsp3) is 0.444. The summed E-state index contributed by atoms with van der Waals surface area (Å²) in [4.78, 5) is 19.4. The van der Waals surface area contributed by atoms with Crippen molar-refractivity contribution in [2.45, 2.75) is 32.4 Å². The minimum Gasteiger partial charge on any atom is -0.380 e. The van der Waals surface area contributed by atoms with Gasteiger partial charge in [-0.1, -0.05) is 18.6 Å². The molecule has 0 atom stereocenters. The van der Waals surface area contributed by atoms with Crippen LogP contribution in [0.15, 0.2) is 29.6 Å². The highest BCUT2D eigenvalue weighted by Crippen LogP contribution is 2.19. The Labute approximate surface area is 146 Å². The maximum atomic E-state index is 12.4. The van der Waals surface area contributed by atoms with E-state index in [2.05, 4.69) is 15.2 Å². The van der Waals surface area contributed by atoms with Gasteiger partial charge in [-0.25, -0.2) is 4.98 Å². The third-order valence-corrected chi connectivity index (χ3v) is 4.91. The molecule has 5 nitrogen and oxygen atoms in total. The van der Waals surface area contributed by atoms with Crippen LogP contribution in [0.2, 0.25) is 0 Å². The average molecular weight is 345 g/mol. The molecule has 1 aliphatic rings. The highest BCUT2D eigenvalue weighted by Gasteiger charge is 2.14. The molecule has 2 aromatic rings. The number of methoxy groups -OCH3 is 1. The molecule has 1 N–H and O–H groups in total. The lowest BCUT2D eigenvalue weighted by molar-refractivity contribution is 0.102. The number of ether oxygens (including phenoxy) is 1. The van der Waals surface area contributed by atoms with Crippen molar-refractivity contribution in [1.82, 2.24) is 9.88 Å². The summed E-state index contributed by atoms with van der Waals surface area (Å²) in [6.45, 7) is 3.66. The van der Waals surface area contributed by atoms with E-state index < -0.39 is 0 Å². The molecule has 24 heavy (non-hydrogen) atoms. The number of likely N-dealkylation sites (tertiary alicyclic amines) is 1. The first-order valence-corrected chi connectivity index (χ1v) is 9.18. The van der Waals surface area contributed by atoms with Crippen molar-refractivity contribution < 1.29 is 9.53 Å². The monoisotopic (exact) mass is 345 g/mol. The topological polar surface area (TPSA) is 54.5 Å². The van der Waals surface area contributed by atoms with Crippen molar-refractivity contribution in [1.29, 1.82) is 0 Å². The Hall–Kier alpha value is -1.76. The molecular weight excluding hydrogens is 322 g/mol. The fourth-order valence-corrected chi connectivity index (χ4v) is 3.62. The number of carbonyl (C=O) groups is 1. The first-order valence-electron chi connectivity index (χ1n) is 8.30. The van der Waals surface area contributed by atoms with Gasteiger partial charge in [0.1, 0.15) is 0 Å². The third-order valence-electron chi connectivity index (χ3n) is 4.11. The van der Waals surface area contributed by atoms with Crippen LogP contribution in [0.3, 0.4) is 0 Å². The zero-order valence-corrected chi connectivity index (χ0v) is 14.8. The molecule has 0 unspecified atom stereocenters. The minimum atomic E-state index is -0.133. The lowest BCUT2D eigenvalue weighted by Gasteiger charge is -2.25. The van der Waals surface area contributed by atoms with Crippen molar-refractivity contribution in [2.24, 2.45) is 0 Å². The zero-order chi connectivity index (χ0) is 16.8. The van der Waals surface area contributed by atoms with Crippen LogP contribution in [0.25, 0.3) is 0 Å². The molecule has 0 aliphatic carbocycles. The standard InChI is InChI=1S/C18H23N3O2S/c1-23-12-14-6-5-7-15(10-14)17(22)20-18-19-16(13-24-18)11-21-8-3-2-4-9-21/h5-7,10,13H,2-4,8-9,11-12H2,1H3,(H,19,20,22). The summed E-state index contributed by atoms with van der Waals surface area (Å²) in [5.74, 6) is -0.133. The second-order valence-electron chi connectivity index (χ2n) is 6.07. The van der Waals surface area contributed by atoms with Crippen LogP contribution in [0.5, 0.6) is 0 Å². The van der Waals surface area contributed by atoms with Gasteiger partial charge in [0.05, 0.1) is 12.3 Å². The Morgan fingerprint density at radius 2 is 2.17 bits per heavy atom. The van der Waals surface area contributed by atoms with Gasteiger partial charge >= 0.3 is 0 Å². The van der Waals surface area contributed by atoms with Crippen LogP contribution in [0.1, 0.15) is 40.9 Å². The second kappa shape index (κ2) is 8.37. The molecule has 3 rings (SSSR count). The largest absolute Gasteiger partial charge is 0.380 e. The van der Waals surface area contributed by atoms with Crippen LogP contribution >= 0.6 is 11.3 Å². The van der Waals surface area contributed by atoms with Crippen molar-refractivity contribution >= 4 is 22.4 Å². The molecule has 0 radical (unpaired) electrons. The van der Waals surface area contributed by atoms with Crippen molar-refractivity contribution in [3.63, 3.8) is 0 Å². The highest BCUT2D eigenvalue weighted by atomic mass is 32.1. The van der Waals surface area contributed by atoms with Crippen LogP contribution in [0.4, 0.5) is 5.13 Å². The Kier molecular flexibility index (Phi) is 5.96. The summed E-state index contributed by atoms with van der Waals surface area (Å²) in [7, 11) is 1.65. The molecule has 2 heterocycles. The summed E-state index contributed by atoms with van der Waals surface area (Å²) in [6.07, 6.45) is 3.87. The summed E-state index contributed by atoms with van der Waals surface area (Å²) < 4.78 is 5.11. The predicted molar refractivity (Wildman–Crippen MR) is 96.4 cm³/mol. The smallest absolute Gasteiger partial charge is 0.257 e. The van der Waals surface area contributed by atoms with Crippen LogP contribution in [-0.4, -0.2) is 36.0 Å². The molecular formula is C18H23N3O2S. The quantitative estimate of drug-likeness (QED) is 0.870. The molecule has 0 spiro atoms. The Morgan fingerprint density at radius 3 is 2.96 bits per heavy atom. The minimum absolute atomic E-state index is 0.133. The molecule has 1 saturated heterocycles. The number of nitrogens with one attached hydrogen (secondary N) is 1. The number of benzene rings is 1. The molecule has 0 saturated carbocycles. The van der Waals surface area contributed by atoms with Gasteiger partial charge in [-0.05, 0) is 43.6 Å². The summed E-state index contributed by atoms with van der Waals surface area (Å²) in [5, 5.41) is 5.58. The van der Waals surface area contributed by atoms with Crippen molar-refractivity contribution in [3.8, 4) is 0 Å². The Morgan fingerprint density at radius 1 is 1.33 bits per heavy atom. The van der Waals surface area contributed by atoms with Gasteiger partial charge in [0.2, 0.25) is 0 Å². The molecule has 1 aliphatic heterocycles. The number of hydrogen-bond donors (Lipinski definition) is 1. The van der Waals surface area contributed by atoms with E-state index in [1.807, 2.05) is 23.6 Å². The van der Waals surface area contributed by atoms with E-state index in [9.17, 15) is 4.79 Å². The van der Waals surface area contributed by atoms with Crippen LogP contribution in [-0.2, 0) is 17.9 Å². The van der Waals surface area contributed by atoms with E-state index in [1.165, 1.54) is 30.6 Å². The number of aromatic nitrogens is 1. The number of hydrogen-bond acceptors (Lipinski definition) is 5. The van der Waals surface area contributed by atoms with Gasteiger partial charge in [0.25, 0.3) is 5.91 Å². The van der Waals surface area contributed by atoms with Crippen LogP contribution < -0.4 is 5.32 Å². The number of piperidine rings is 1. The average Bonchev–Trinajstić information content (AvgIpc) is 3.03. The molecule has 1 aromatic heterocycles. The highest BCUT2D eigenvalue weighted by molar-refractivity contribution is 7.13. The van der Waals surface area contributed by atoms with E-state index >= 15 is 0 Å². The molecule has 1 aromatic carbocycles. The summed E-state index contributed by atoms with van der Waals surface area (Å²) in [6, 6.07) is 7.46. The molecule has 6 heteroatoms. The van der Waals surface area contributed by atoms with Gasteiger partial charge in [-0.2, -0.15) is 0 Å². The van der Waals surface area contributed by atoms with Crippen LogP contribution in [0, 0.1) is 0 Å². The van der Waals surface area contributed by atoms with Gasteiger partial charge in [-0.15, -0.1) is 11.3 Å². The van der Waals surface area contributed by atoms with E-state index in [4.69, 9.17) is 4.74 Å². The maximum absolute atomic E-state index is 12.4. The van der Waals surface area contributed by atoms with E-state index in [0.29, 0.717) is 17.3 Å². The normalized spacial score (nSPS) is 15.4.